The summed E-state index contributed by atoms with van der Waals surface area (Å²) >= 11 is 0. The van der Waals surface area contributed by atoms with Crippen LogP contribution in [0.3, 0.4) is 0 Å². The van der Waals surface area contributed by atoms with Crippen LogP contribution in [-0.2, 0) is 16.1 Å². The van der Waals surface area contributed by atoms with Gasteiger partial charge in [0, 0.05) is 24.0 Å². The molecule has 0 atom stereocenters. The molecule has 0 radical (unpaired) electrons. The molecule has 100 valence electrons. The van der Waals surface area contributed by atoms with Gasteiger partial charge >= 0.3 is 0 Å². The van der Waals surface area contributed by atoms with Gasteiger partial charge in [-0.1, -0.05) is 0 Å². The summed E-state index contributed by atoms with van der Waals surface area (Å²) in [5.74, 6) is 0.224. The van der Waals surface area contributed by atoms with Crippen LogP contribution in [0.5, 0.6) is 5.75 Å². The molecular formula is C14H15NO4. The summed E-state index contributed by atoms with van der Waals surface area (Å²) in [6.07, 6.45) is 2.12. The fourth-order valence-corrected chi connectivity index (χ4v) is 2.14. The largest absolute Gasteiger partial charge is 0.496 e. The quantitative estimate of drug-likeness (QED) is 0.609. The number of likely N-dealkylation sites (tertiary alicyclic amines) is 1. The normalized spacial score (nSPS) is 15.5. The first kappa shape index (κ1) is 13.3. The van der Waals surface area contributed by atoms with E-state index in [0.717, 1.165) is 6.29 Å². The number of imide groups is 1. The lowest BCUT2D eigenvalue weighted by Crippen LogP contribution is -2.39. The molecule has 1 fully saturated rings. The standard InChI is InChI=1S/C14H15NO4/c1-19-12-6-5-10(9-16)7-11(12)8-15-13(17)3-2-4-14(15)18/h5-7,9H,2-4,8H2,1H3. The summed E-state index contributed by atoms with van der Waals surface area (Å²) in [6, 6.07) is 4.94. The molecular weight excluding hydrogens is 246 g/mol. The molecule has 1 heterocycles. The molecule has 1 aliphatic heterocycles. The van der Waals surface area contributed by atoms with E-state index in [2.05, 4.69) is 0 Å². The molecule has 0 aromatic heterocycles. The summed E-state index contributed by atoms with van der Waals surface area (Å²) in [5, 5.41) is 0. The van der Waals surface area contributed by atoms with Gasteiger partial charge < -0.3 is 4.74 Å². The first-order valence-electron chi connectivity index (χ1n) is 6.11. The predicted octanol–water partition coefficient (Wildman–Crippen LogP) is 1.55. The molecule has 1 aromatic rings. The number of ether oxygens (including phenoxy) is 1. The van der Waals surface area contributed by atoms with E-state index in [1.807, 2.05) is 0 Å². The van der Waals surface area contributed by atoms with Crippen molar-refractivity contribution in [1.82, 2.24) is 4.90 Å². The molecule has 0 saturated carbocycles. The summed E-state index contributed by atoms with van der Waals surface area (Å²) in [7, 11) is 1.51. The number of hydrogen-bond donors (Lipinski definition) is 0. The van der Waals surface area contributed by atoms with E-state index in [1.54, 1.807) is 18.2 Å². The van der Waals surface area contributed by atoms with Crippen LogP contribution in [-0.4, -0.2) is 30.1 Å². The van der Waals surface area contributed by atoms with Gasteiger partial charge in [-0.25, -0.2) is 0 Å². The van der Waals surface area contributed by atoms with Crippen molar-refractivity contribution in [1.29, 1.82) is 0 Å². The lowest BCUT2D eigenvalue weighted by atomic mass is 10.1. The van der Waals surface area contributed by atoms with Crippen LogP contribution in [0.1, 0.15) is 35.2 Å². The SMILES string of the molecule is COc1ccc(C=O)cc1CN1C(=O)CCCC1=O. The van der Waals surface area contributed by atoms with E-state index in [4.69, 9.17) is 4.74 Å². The van der Waals surface area contributed by atoms with Crippen molar-refractivity contribution in [2.75, 3.05) is 7.11 Å². The summed E-state index contributed by atoms with van der Waals surface area (Å²) in [4.78, 5) is 35.5. The molecule has 0 spiro atoms. The van der Waals surface area contributed by atoms with Gasteiger partial charge in [-0.05, 0) is 24.6 Å². The molecule has 1 saturated heterocycles. The third-order valence-electron chi connectivity index (χ3n) is 3.15. The number of aldehydes is 1. The first-order valence-corrected chi connectivity index (χ1v) is 6.11. The van der Waals surface area contributed by atoms with Crippen molar-refractivity contribution in [2.24, 2.45) is 0 Å². The van der Waals surface area contributed by atoms with Crippen LogP contribution >= 0.6 is 0 Å². The van der Waals surface area contributed by atoms with Crippen molar-refractivity contribution in [2.45, 2.75) is 25.8 Å². The Morgan fingerprint density at radius 1 is 1.26 bits per heavy atom. The molecule has 0 N–H and O–H groups in total. The Balaban J connectivity index is 2.28. The zero-order chi connectivity index (χ0) is 13.8. The maximum Gasteiger partial charge on any atom is 0.229 e. The van der Waals surface area contributed by atoms with Crippen molar-refractivity contribution >= 4 is 18.1 Å². The third-order valence-corrected chi connectivity index (χ3v) is 3.15. The van der Waals surface area contributed by atoms with Crippen molar-refractivity contribution in [3.8, 4) is 5.75 Å². The molecule has 1 aliphatic rings. The highest BCUT2D eigenvalue weighted by atomic mass is 16.5. The summed E-state index contributed by atoms with van der Waals surface area (Å²) in [6.45, 7) is 0.155. The van der Waals surface area contributed by atoms with Crippen molar-refractivity contribution in [3.05, 3.63) is 29.3 Å². The minimum Gasteiger partial charge on any atom is -0.496 e. The smallest absolute Gasteiger partial charge is 0.229 e. The molecule has 1 aromatic carbocycles. The molecule has 19 heavy (non-hydrogen) atoms. The summed E-state index contributed by atoms with van der Waals surface area (Å²) in [5.41, 5.74) is 1.16. The van der Waals surface area contributed by atoms with Gasteiger partial charge in [0.25, 0.3) is 0 Å². The number of carbonyl (C=O) groups excluding carboxylic acids is 3. The highest BCUT2D eigenvalue weighted by molar-refractivity contribution is 5.97. The van der Waals surface area contributed by atoms with Crippen molar-refractivity contribution < 1.29 is 19.1 Å². The Morgan fingerprint density at radius 2 is 1.95 bits per heavy atom. The number of benzene rings is 1. The Hall–Kier alpha value is -2.17. The maximum absolute atomic E-state index is 11.8. The highest BCUT2D eigenvalue weighted by Gasteiger charge is 2.26. The van der Waals surface area contributed by atoms with Crippen LogP contribution < -0.4 is 4.74 Å². The molecule has 0 bridgehead atoms. The average molecular weight is 261 g/mol. The second-order valence-corrected chi connectivity index (χ2v) is 4.42. The zero-order valence-corrected chi connectivity index (χ0v) is 10.7. The predicted molar refractivity (Wildman–Crippen MR) is 67.8 cm³/mol. The topological polar surface area (TPSA) is 63.7 Å². The van der Waals surface area contributed by atoms with Gasteiger partial charge in [-0.2, -0.15) is 0 Å². The van der Waals surface area contributed by atoms with E-state index < -0.39 is 0 Å². The molecule has 0 unspecified atom stereocenters. The van der Waals surface area contributed by atoms with Crippen LogP contribution in [0, 0.1) is 0 Å². The van der Waals surface area contributed by atoms with Gasteiger partial charge in [0.15, 0.2) is 0 Å². The molecule has 0 aliphatic carbocycles. The van der Waals surface area contributed by atoms with E-state index in [-0.39, 0.29) is 18.4 Å². The highest BCUT2D eigenvalue weighted by Crippen LogP contribution is 2.23. The van der Waals surface area contributed by atoms with Crippen LogP contribution in [0.2, 0.25) is 0 Å². The number of amides is 2. The number of carbonyl (C=O) groups is 3. The monoisotopic (exact) mass is 261 g/mol. The van der Waals surface area contributed by atoms with E-state index in [0.29, 0.717) is 36.1 Å². The van der Waals surface area contributed by atoms with E-state index in [9.17, 15) is 14.4 Å². The number of hydrogen-bond acceptors (Lipinski definition) is 4. The number of nitrogens with zero attached hydrogens (tertiary/aromatic N) is 1. The number of piperidine rings is 1. The van der Waals surface area contributed by atoms with Gasteiger partial charge in [0.05, 0.1) is 13.7 Å². The van der Waals surface area contributed by atoms with E-state index in [1.165, 1.54) is 12.0 Å². The van der Waals surface area contributed by atoms with Crippen LogP contribution in [0.25, 0.3) is 0 Å². The molecule has 2 rings (SSSR count). The first-order chi connectivity index (χ1) is 9.15. The lowest BCUT2D eigenvalue weighted by Gasteiger charge is -2.25. The second-order valence-electron chi connectivity index (χ2n) is 4.42. The van der Waals surface area contributed by atoms with Gasteiger partial charge in [0.1, 0.15) is 12.0 Å². The molecule has 5 nitrogen and oxygen atoms in total. The van der Waals surface area contributed by atoms with Gasteiger partial charge in [0.2, 0.25) is 11.8 Å². The maximum atomic E-state index is 11.8. The Morgan fingerprint density at radius 3 is 2.53 bits per heavy atom. The summed E-state index contributed by atoms with van der Waals surface area (Å²) < 4.78 is 5.19. The molecule has 2 amide bonds. The Bertz CT molecular complexity index is 508. The Kier molecular flexibility index (Phi) is 3.94. The molecule has 5 heteroatoms. The van der Waals surface area contributed by atoms with Gasteiger partial charge in [-0.15, -0.1) is 0 Å². The fraction of sp³-hybridized carbons (Fsp3) is 0.357. The third kappa shape index (κ3) is 2.81. The lowest BCUT2D eigenvalue weighted by molar-refractivity contribution is -0.148. The minimum absolute atomic E-state index is 0.155. The second kappa shape index (κ2) is 5.65. The average Bonchev–Trinajstić information content (AvgIpc) is 2.42. The number of rotatable bonds is 4. The van der Waals surface area contributed by atoms with Crippen LogP contribution in [0.15, 0.2) is 18.2 Å². The zero-order valence-electron chi connectivity index (χ0n) is 10.7. The van der Waals surface area contributed by atoms with Crippen molar-refractivity contribution in [3.63, 3.8) is 0 Å². The van der Waals surface area contributed by atoms with Gasteiger partial charge in [-0.3, -0.25) is 19.3 Å². The number of methoxy groups -OCH3 is 1. The fourth-order valence-electron chi connectivity index (χ4n) is 2.14. The Labute approximate surface area is 111 Å². The minimum atomic E-state index is -0.171. The van der Waals surface area contributed by atoms with E-state index >= 15 is 0 Å². The van der Waals surface area contributed by atoms with Crippen LogP contribution in [0.4, 0.5) is 0 Å².